The number of fused-ring (bicyclic) bond motifs is 2. The van der Waals surface area contributed by atoms with E-state index >= 15 is 0 Å². The van der Waals surface area contributed by atoms with Crippen molar-refractivity contribution >= 4 is 11.0 Å². The minimum atomic E-state index is -0.0926. The van der Waals surface area contributed by atoms with Gasteiger partial charge in [-0.15, -0.1) is 0 Å². The Morgan fingerprint density at radius 1 is 1.15 bits per heavy atom. The fourth-order valence-corrected chi connectivity index (χ4v) is 4.74. The number of ether oxygens (including phenoxy) is 2. The summed E-state index contributed by atoms with van der Waals surface area (Å²) in [6.07, 6.45) is 6.15. The number of nitrogens with zero attached hydrogens (tertiary/aromatic N) is 5. The van der Waals surface area contributed by atoms with Crippen LogP contribution in [-0.2, 0) is 20.0 Å². The van der Waals surface area contributed by atoms with E-state index in [2.05, 4.69) is 26.3 Å². The van der Waals surface area contributed by atoms with Crippen LogP contribution in [0.5, 0.6) is 11.5 Å². The number of pyridine rings is 3. The van der Waals surface area contributed by atoms with E-state index in [9.17, 15) is 10.1 Å². The molecule has 9 heteroatoms. The van der Waals surface area contributed by atoms with Crippen molar-refractivity contribution in [1.82, 2.24) is 24.8 Å². The summed E-state index contributed by atoms with van der Waals surface area (Å²) >= 11 is 0. The van der Waals surface area contributed by atoms with E-state index in [0.717, 1.165) is 60.5 Å². The first-order chi connectivity index (χ1) is 16.6. The second kappa shape index (κ2) is 9.79. The zero-order chi connectivity index (χ0) is 23.5. The number of rotatable bonds is 6. The van der Waals surface area contributed by atoms with Crippen LogP contribution in [-0.4, -0.2) is 58.3 Å². The second-order valence-electron chi connectivity index (χ2n) is 8.79. The number of piperidine rings is 1. The minimum Gasteiger partial charge on any atom is -0.486 e. The van der Waals surface area contributed by atoms with E-state index in [1.807, 2.05) is 6.07 Å². The lowest BCUT2D eigenvalue weighted by atomic mass is 10.0. The Bertz CT molecular complexity index is 1290. The van der Waals surface area contributed by atoms with Gasteiger partial charge >= 0.3 is 0 Å². The summed E-state index contributed by atoms with van der Waals surface area (Å²) in [5, 5.41) is 13.2. The molecule has 1 N–H and O–H groups in total. The van der Waals surface area contributed by atoms with E-state index < -0.39 is 0 Å². The molecule has 0 radical (unpaired) electrons. The number of hydrogen-bond donors (Lipinski definition) is 1. The largest absolute Gasteiger partial charge is 0.486 e. The molecule has 0 amide bonds. The molecule has 1 saturated heterocycles. The molecule has 0 atom stereocenters. The van der Waals surface area contributed by atoms with Crippen molar-refractivity contribution in [3.63, 3.8) is 0 Å². The maximum absolute atomic E-state index is 12.2. The summed E-state index contributed by atoms with van der Waals surface area (Å²) in [6, 6.07) is 7.89. The van der Waals surface area contributed by atoms with Crippen molar-refractivity contribution in [2.75, 3.05) is 32.8 Å². The smallest absolute Gasteiger partial charge is 0.250 e. The number of aryl methyl sites for hydroxylation is 1. The molecule has 0 saturated carbocycles. The average molecular weight is 461 g/mol. The van der Waals surface area contributed by atoms with Gasteiger partial charge in [0.15, 0.2) is 11.5 Å². The highest BCUT2D eigenvalue weighted by atomic mass is 16.6. The van der Waals surface area contributed by atoms with Crippen LogP contribution in [0.3, 0.4) is 0 Å². The fourth-order valence-electron chi connectivity index (χ4n) is 4.74. The molecule has 3 aromatic rings. The summed E-state index contributed by atoms with van der Waals surface area (Å²) in [5.41, 5.74) is 3.80. The highest BCUT2D eigenvalue weighted by Gasteiger charge is 2.21. The van der Waals surface area contributed by atoms with Crippen LogP contribution < -0.4 is 20.3 Å². The van der Waals surface area contributed by atoms with Gasteiger partial charge in [-0.25, -0.2) is 0 Å². The normalized spacial score (nSPS) is 16.5. The van der Waals surface area contributed by atoms with E-state index in [0.29, 0.717) is 43.5 Å². The molecule has 5 rings (SSSR count). The zero-order valence-electron chi connectivity index (χ0n) is 19.3. The first kappa shape index (κ1) is 22.3. The van der Waals surface area contributed by atoms with E-state index in [1.165, 1.54) is 6.07 Å². The molecular weight excluding hydrogens is 432 g/mol. The van der Waals surface area contributed by atoms with Gasteiger partial charge in [0.1, 0.15) is 19.3 Å². The van der Waals surface area contributed by atoms with Crippen LogP contribution in [0.15, 0.2) is 35.4 Å². The molecule has 0 bridgehead atoms. The summed E-state index contributed by atoms with van der Waals surface area (Å²) in [7, 11) is 1.74. The molecule has 1 fully saturated rings. The Hall–Kier alpha value is -3.48. The van der Waals surface area contributed by atoms with E-state index in [4.69, 9.17) is 9.47 Å². The third-order valence-corrected chi connectivity index (χ3v) is 6.68. The summed E-state index contributed by atoms with van der Waals surface area (Å²) in [6.45, 7) is 4.64. The molecule has 0 spiro atoms. The van der Waals surface area contributed by atoms with Crippen LogP contribution >= 0.6 is 0 Å². The Labute approximate surface area is 197 Å². The van der Waals surface area contributed by atoms with Gasteiger partial charge in [0.25, 0.3) is 5.56 Å². The van der Waals surface area contributed by atoms with Crippen LogP contribution in [0.25, 0.3) is 11.0 Å². The van der Waals surface area contributed by atoms with E-state index in [-0.39, 0.29) is 5.56 Å². The molecule has 0 aliphatic carbocycles. The van der Waals surface area contributed by atoms with Gasteiger partial charge in [0.05, 0.1) is 28.5 Å². The van der Waals surface area contributed by atoms with Gasteiger partial charge < -0.3 is 24.3 Å². The molecule has 176 valence electrons. The lowest BCUT2D eigenvalue weighted by molar-refractivity contribution is 0.170. The van der Waals surface area contributed by atoms with Crippen molar-refractivity contribution in [3.05, 3.63) is 57.8 Å². The molecule has 0 aromatic carbocycles. The van der Waals surface area contributed by atoms with Crippen LogP contribution in [0.1, 0.15) is 29.7 Å². The predicted octanol–water partition coefficient (Wildman–Crippen LogP) is 1.77. The number of likely N-dealkylation sites (tertiary alicyclic amines) is 1. The predicted molar refractivity (Wildman–Crippen MR) is 127 cm³/mol. The van der Waals surface area contributed by atoms with Crippen molar-refractivity contribution in [2.24, 2.45) is 7.05 Å². The van der Waals surface area contributed by atoms with E-state index in [1.54, 1.807) is 30.1 Å². The number of nitriles is 1. The van der Waals surface area contributed by atoms with Gasteiger partial charge in [-0.1, -0.05) is 0 Å². The lowest BCUT2D eigenvalue weighted by Crippen LogP contribution is -2.43. The molecule has 34 heavy (non-hydrogen) atoms. The third kappa shape index (κ3) is 4.60. The van der Waals surface area contributed by atoms with Crippen LogP contribution in [0.4, 0.5) is 0 Å². The van der Waals surface area contributed by atoms with Gasteiger partial charge in [-0.3, -0.25) is 14.8 Å². The topological polar surface area (TPSA) is 105 Å². The molecule has 2 aliphatic rings. The summed E-state index contributed by atoms with van der Waals surface area (Å²) in [5.74, 6) is 1.48. The molecular formula is C25H28N6O3. The molecule has 9 nitrogen and oxygen atoms in total. The van der Waals surface area contributed by atoms with Crippen LogP contribution in [0.2, 0.25) is 0 Å². The van der Waals surface area contributed by atoms with Gasteiger partial charge in [-0.05, 0) is 44.0 Å². The fraction of sp³-hybridized carbons (Fsp3) is 0.440. The Morgan fingerprint density at radius 3 is 2.74 bits per heavy atom. The summed E-state index contributed by atoms with van der Waals surface area (Å²) < 4.78 is 12.8. The monoisotopic (exact) mass is 460 g/mol. The Balaban J connectivity index is 1.17. The highest BCUT2D eigenvalue weighted by molar-refractivity contribution is 5.80. The van der Waals surface area contributed by atoms with Crippen molar-refractivity contribution in [1.29, 1.82) is 5.26 Å². The van der Waals surface area contributed by atoms with Crippen molar-refractivity contribution in [2.45, 2.75) is 31.8 Å². The Morgan fingerprint density at radius 2 is 1.94 bits per heavy atom. The van der Waals surface area contributed by atoms with Gasteiger partial charge in [-0.2, -0.15) is 5.26 Å². The van der Waals surface area contributed by atoms with Crippen molar-refractivity contribution < 1.29 is 9.47 Å². The number of nitrogens with one attached hydrogen (secondary N) is 1. The Kier molecular flexibility index (Phi) is 6.43. The highest BCUT2D eigenvalue weighted by Crippen LogP contribution is 2.29. The molecule has 0 unspecified atom stereocenters. The maximum Gasteiger partial charge on any atom is 0.250 e. The molecule has 5 heterocycles. The van der Waals surface area contributed by atoms with Gasteiger partial charge in [0, 0.05) is 44.5 Å². The summed E-state index contributed by atoms with van der Waals surface area (Å²) in [4.78, 5) is 23.4. The first-order valence-corrected chi connectivity index (χ1v) is 11.7. The lowest BCUT2D eigenvalue weighted by Gasteiger charge is -2.32. The molecule has 3 aromatic heterocycles. The first-order valence-electron chi connectivity index (χ1n) is 11.7. The van der Waals surface area contributed by atoms with Crippen molar-refractivity contribution in [3.8, 4) is 17.6 Å². The second-order valence-corrected chi connectivity index (χ2v) is 8.79. The maximum atomic E-state index is 12.2. The van der Waals surface area contributed by atoms with Crippen LogP contribution in [0, 0.1) is 11.3 Å². The quantitative estimate of drug-likeness (QED) is 0.593. The number of hydrogen-bond acceptors (Lipinski definition) is 8. The molecule has 2 aliphatic heterocycles. The number of aromatic nitrogens is 3. The zero-order valence-corrected chi connectivity index (χ0v) is 19.3. The third-order valence-electron chi connectivity index (χ3n) is 6.68. The standard InChI is InChI=1S/C25H28N6O3/c1-30-24(32)3-2-21-25(30)20(17(13-26)14-29-21)6-9-31-7-4-18(5-8-31)27-15-19-12-22-23(16-28-19)34-11-10-33-22/h2-3,12,14,16,18,27H,4-11,15H2,1H3. The minimum absolute atomic E-state index is 0.0926. The average Bonchev–Trinajstić information content (AvgIpc) is 2.88. The SMILES string of the molecule is Cn1c(=O)ccc2ncc(C#N)c(CCN3CCC(NCc4cc5c(cn4)OCCO5)CC3)c21. The van der Waals surface area contributed by atoms with Gasteiger partial charge in [0.2, 0.25) is 0 Å².